The molecule has 1 saturated heterocycles. The van der Waals surface area contributed by atoms with Gasteiger partial charge >= 0.3 is 5.97 Å². The molecule has 0 bridgehead atoms. The van der Waals surface area contributed by atoms with E-state index < -0.39 is 17.2 Å². The second kappa shape index (κ2) is 8.91. The molecule has 1 unspecified atom stereocenters. The number of carboxylic acid groups (broad SMARTS) is 1. The van der Waals surface area contributed by atoms with E-state index in [4.69, 9.17) is 9.47 Å². The molecule has 1 N–H and O–H groups in total. The molecule has 1 atom stereocenters. The Balaban J connectivity index is 1.91. The van der Waals surface area contributed by atoms with Gasteiger partial charge in [0.25, 0.3) is 0 Å². The van der Waals surface area contributed by atoms with Crippen LogP contribution in [0.5, 0.6) is 0 Å². The predicted octanol–water partition coefficient (Wildman–Crippen LogP) is 5.89. The number of fused-ring (bicyclic) bond motifs is 1. The van der Waals surface area contributed by atoms with Gasteiger partial charge in [0.1, 0.15) is 11.6 Å². The molecule has 0 aliphatic carbocycles. The lowest BCUT2D eigenvalue weighted by Gasteiger charge is -2.30. The summed E-state index contributed by atoms with van der Waals surface area (Å²) in [6.07, 6.45) is 0.681. The molecule has 1 aromatic heterocycles. The number of carbonyl (C=O) groups is 1. The summed E-state index contributed by atoms with van der Waals surface area (Å²) in [6.45, 7) is 3.01. The first-order valence-corrected chi connectivity index (χ1v) is 11.4. The minimum atomic E-state index is -1.01. The number of halogens is 2. The molecular weight excluding hydrogens is 452 g/mol. The Labute approximate surface area is 201 Å². The standard InChI is InChI=1S/C28H25F2NO4/c1-17-13-21(8-10-23(17)30)31-24-14-20(29)7-9-22(24)25(18-3-5-19(6-4-18)27(32)33)26(31)28(15-34-2)11-12-35-16-28/h3-10,13-14H,11-12,15-16H2,1-2H3,(H,32,33). The maximum Gasteiger partial charge on any atom is 0.335 e. The molecule has 5 nitrogen and oxygen atoms in total. The molecule has 1 fully saturated rings. The highest BCUT2D eigenvalue weighted by Gasteiger charge is 2.43. The molecule has 7 heteroatoms. The van der Waals surface area contributed by atoms with E-state index in [1.807, 2.05) is 4.57 Å². The van der Waals surface area contributed by atoms with E-state index in [9.17, 15) is 18.7 Å². The van der Waals surface area contributed by atoms with Gasteiger partial charge in [-0.25, -0.2) is 13.6 Å². The summed E-state index contributed by atoms with van der Waals surface area (Å²) in [7, 11) is 1.64. The van der Waals surface area contributed by atoms with Crippen molar-refractivity contribution in [1.82, 2.24) is 4.57 Å². The van der Waals surface area contributed by atoms with Crippen LogP contribution in [-0.2, 0) is 14.9 Å². The summed E-state index contributed by atoms with van der Waals surface area (Å²) in [5.74, 6) is -1.72. The van der Waals surface area contributed by atoms with Gasteiger partial charge in [0, 0.05) is 36.0 Å². The molecule has 5 rings (SSSR count). The second-order valence-electron chi connectivity index (χ2n) is 9.05. The summed E-state index contributed by atoms with van der Waals surface area (Å²) >= 11 is 0. The zero-order chi connectivity index (χ0) is 24.7. The van der Waals surface area contributed by atoms with Crippen molar-refractivity contribution in [2.75, 3.05) is 26.9 Å². The normalized spacial score (nSPS) is 17.8. The van der Waals surface area contributed by atoms with E-state index in [0.717, 1.165) is 22.2 Å². The zero-order valence-electron chi connectivity index (χ0n) is 19.5. The average molecular weight is 478 g/mol. The number of hydrogen-bond acceptors (Lipinski definition) is 3. The van der Waals surface area contributed by atoms with Crippen molar-refractivity contribution in [3.63, 3.8) is 0 Å². The molecule has 0 amide bonds. The van der Waals surface area contributed by atoms with Crippen LogP contribution in [-0.4, -0.2) is 42.6 Å². The van der Waals surface area contributed by atoms with Crippen LogP contribution in [0, 0.1) is 18.6 Å². The number of nitrogens with zero attached hydrogens (tertiary/aromatic N) is 1. The smallest absolute Gasteiger partial charge is 0.335 e. The largest absolute Gasteiger partial charge is 0.478 e. The number of ether oxygens (including phenoxy) is 2. The number of benzene rings is 3. The van der Waals surface area contributed by atoms with Gasteiger partial charge in [-0.1, -0.05) is 12.1 Å². The Morgan fingerprint density at radius 3 is 2.51 bits per heavy atom. The van der Waals surface area contributed by atoms with E-state index in [1.54, 1.807) is 56.5 Å². The fraction of sp³-hybridized carbons (Fsp3) is 0.250. The van der Waals surface area contributed by atoms with Crippen LogP contribution in [0.3, 0.4) is 0 Å². The molecule has 1 aliphatic heterocycles. The summed E-state index contributed by atoms with van der Waals surface area (Å²) < 4.78 is 42.3. The Hall–Kier alpha value is -3.55. The number of carboxylic acids is 1. The van der Waals surface area contributed by atoms with Crippen molar-refractivity contribution >= 4 is 16.9 Å². The van der Waals surface area contributed by atoms with E-state index in [2.05, 4.69) is 0 Å². The second-order valence-corrected chi connectivity index (χ2v) is 9.05. The van der Waals surface area contributed by atoms with Gasteiger partial charge in [-0.3, -0.25) is 0 Å². The van der Waals surface area contributed by atoms with Gasteiger partial charge in [-0.05, 0) is 73.0 Å². The van der Waals surface area contributed by atoms with Crippen LogP contribution in [0.15, 0.2) is 60.7 Å². The van der Waals surface area contributed by atoms with Gasteiger partial charge in [0.15, 0.2) is 0 Å². The molecule has 35 heavy (non-hydrogen) atoms. The van der Waals surface area contributed by atoms with Crippen molar-refractivity contribution in [2.45, 2.75) is 18.8 Å². The number of aromatic nitrogens is 1. The van der Waals surface area contributed by atoms with Crippen LogP contribution in [0.1, 0.15) is 28.0 Å². The number of hydrogen-bond donors (Lipinski definition) is 1. The quantitative estimate of drug-likeness (QED) is 0.376. The van der Waals surface area contributed by atoms with E-state index >= 15 is 0 Å². The first-order chi connectivity index (χ1) is 16.8. The molecule has 0 saturated carbocycles. The Bertz CT molecular complexity index is 1420. The van der Waals surface area contributed by atoms with Crippen molar-refractivity contribution in [1.29, 1.82) is 0 Å². The molecule has 180 valence electrons. The van der Waals surface area contributed by atoms with Crippen molar-refractivity contribution < 1.29 is 28.2 Å². The van der Waals surface area contributed by atoms with Gasteiger partial charge < -0.3 is 19.1 Å². The first-order valence-electron chi connectivity index (χ1n) is 11.4. The first kappa shape index (κ1) is 23.2. The minimum Gasteiger partial charge on any atom is -0.478 e. The van der Waals surface area contributed by atoms with E-state index in [1.165, 1.54) is 18.2 Å². The van der Waals surface area contributed by atoms with Gasteiger partial charge in [0.05, 0.1) is 29.7 Å². The number of aromatic carboxylic acids is 1. The predicted molar refractivity (Wildman–Crippen MR) is 129 cm³/mol. The molecule has 0 radical (unpaired) electrons. The lowest BCUT2D eigenvalue weighted by molar-refractivity contribution is 0.0697. The summed E-state index contributed by atoms with van der Waals surface area (Å²) in [5, 5.41) is 10.2. The van der Waals surface area contributed by atoms with E-state index in [-0.39, 0.29) is 11.4 Å². The molecule has 1 aliphatic rings. The van der Waals surface area contributed by atoms with Crippen molar-refractivity contribution in [2.24, 2.45) is 0 Å². The van der Waals surface area contributed by atoms with Crippen molar-refractivity contribution in [3.8, 4) is 16.8 Å². The van der Waals surface area contributed by atoms with Crippen LogP contribution in [0.2, 0.25) is 0 Å². The van der Waals surface area contributed by atoms with Gasteiger partial charge in [-0.15, -0.1) is 0 Å². The Morgan fingerprint density at radius 1 is 1.11 bits per heavy atom. The number of methoxy groups -OCH3 is 1. The highest BCUT2D eigenvalue weighted by Crippen LogP contribution is 2.46. The molecule has 2 heterocycles. The number of aryl methyl sites for hydroxylation is 1. The average Bonchev–Trinajstić information content (AvgIpc) is 3.44. The summed E-state index contributed by atoms with van der Waals surface area (Å²) in [6, 6.07) is 16.1. The monoisotopic (exact) mass is 477 g/mol. The highest BCUT2D eigenvalue weighted by molar-refractivity contribution is 6.00. The van der Waals surface area contributed by atoms with Crippen LogP contribution in [0.4, 0.5) is 8.78 Å². The fourth-order valence-electron chi connectivity index (χ4n) is 5.12. The zero-order valence-corrected chi connectivity index (χ0v) is 19.5. The lowest BCUT2D eigenvalue weighted by atomic mass is 9.80. The minimum absolute atomic E-state index is 0.176. The Morgan fingerprint density at radius 2 is 1.89 bits per heavy atom. The molecule has 0 spiro atoms. The van der Waals surface area contributed by atoms with Gasteiger partial charge in [-0.2, -0.15) is 0 Å². The molecule has 3 aromatic carbocycles. The third-order valence-corrected chi connectivity index (χ3v) is 6.78. The molecular formula is C28H25F2NO4. The van der Waals surface area contributed by atoms with Crippen LogP contribution < -0.4 is 0 Å². The Kier molecular flexibility index (Phi) is 5.91. The maximum atomic E-state index is 14.6. The lowest BCUT2D eigenvalue weighted by Crippen LogP contribution is -2.35. The number of rotatable bonds is 6. The highest BCUT2D eigenvalue weighted by atomic mass is 19.1. The van der Waals surface area contributed by atoms with Crippen LogP contribution in [0.25, 0.3) is 27.7 Å². The third-order valence-electron chi connectivity index (χ3n) is 6.78. The summed E-state index contributed by atoms with van der Waals surface area (Å²) in [5.41, 5.74) is 3.94. The van der Waals surface area contributed by atoms with Crippen molar-refractivity contribution in [3.05, 3.63) is 89.1 Å². The third kappa shape index (κ3) is 3.90. The van der Waals surface area contributed by atoms with Gasteiger partial charge in [0.2, 0.25) is 0 Å². The molecule has 4 aromatic rings. The topological polar surface area (TPSA) is 60.7 Å². The van der Waals surface area contributed by atoms with Crippen LogP contribution >= 0.6 is 0 Å². The summed E-state index contributed by atoms with van der Waals surface area (Å²) in [4.78, 5) is 11.4. The maximum absolute atomic E-state index is 14.6. The SMILES string of the molecule is COCC1(c2c(-c3ccc(C(=O)O)cc3)c3ccc(F)cc3n2-c2ccc(F)c(C)c2)CCOC1. The van der Waals surface area contributed by atoms with E-state index in [0.29, 0.717) is 43.0 Å². The fourth-order valence-corrected chi connectivity index (χ4v) is 5.12.